The molecule has 3 rings (SSSR count). The first-order chi connectivity index (χ1) is 9.56. The maximum atomic E-state index is 12.1. The Morgan fingerprint density at radius 2 is 1.80 bits per heavy atom. The zero-order chi connectivity index (χ0) is 14.3. The first-order valence-electron chi connectivity index (χ1n) is 5.87. The van der Waals surface area contributed by atoms with Gasteiger partial charge in [-0.15, -0.1) is 0 Å². The standard InChI is InChI=1S/C14H9BrCl2N2O/c15-7-5-9(16)13(10(17)6-7)19-12-8-3-1-2-4-11(8)18-14(12)20/h1-6,12,19H,(H,18,20). The molecule has 0 fully saturated rings. The Hall–Kier alpha value is -1.23. The summed E-state index contributed by atoms with van der Waals surface area (Å²) in [7, 11) is 0. The molecular weight excluding hydrogens is 363 g/mol. The van der Waals surface area contributed by atoms with Crippen molar-refractivity contribution < 1.29 is 4.79 Å². The second kappa shape index (κ2) is 5.28. The van der Waals surface area contributed by atoms with Crippen LogP contribution < -0.4 is 10.6 Å². The van der Waals surface area contributed by atoms with Gasteiger partial charge in [-0.25, -0.2) is 0 Å². The number of para-hydroxylation sites is 1. The highest BCUT2D eigenvalue weighted by Crippen LogP contribution is 2.39. The van der Waals surface area contributed by atoms with Gasteiger partial charge in [0.25, 0.3) is 5.91 Å². The van der Waals surface area contributed by atoms with E-state index in [0.717, 1.165) is 15.7 Å². The fourth-order valence-corrected chi connectivity index (χ4v) is 3.49. The van der Waals surface area contributed by atoms with E-state index < -0.39 is 6.04 Å². The third kappa shape index (κ3) is 2.39. The quantitative estimate of drug-likeness (QED) is 0.791. The molecule has 0 saturated carbocycles. The van der Waals surface area contributed by atoms with E-state index in [9.17, 15) is 4.79 Å². The molecule has 2 aromatic carbocycles. The molecule has 1 heterocycles. The van der Waals surface area contributed by atoms with E-state index in [0.29, 0.717) is 15.7 Å². The lowest BCUT2D eigenvalue weighted by Crippen LogP contribution is -2.20. The number of fused-ring (bicyclic) bond motifs is 1. The third-order valence-corrected chi connectivity index (χ3v) is 4.14. The number of nitrogens with one attached hydrogen (secondary N) is 2. The average Bonchev–Trinajstić information content (AvgIpc) is 2.69. The highest BCUT2D eigenvalue weighted by atomic mass is 79.9. The summed E-state index contributed by atoms with van der Waals surface area (Å²) >= 11 is 15.7. The van der Waals surface area contributed by atoms with Gasteiger partial charge in [-0.2, -0.15) is 0 Å². The number of hydrogen-bond acceptors (Lipinski definition) is 2. The molecule has 1 aliphatic heterocycles. The Balaban J connectivity index is 1.98. The van der Waals surface area contributed by atoms with Crippen LogP contribution in [0, 0.1) is 0 Å². The maximum absolute atomic E-state index is 12.1. The van der Waals surface area contributed by atoms with E-state index >= 15 is 0 Å². The Morgan fingerprint density at radius 3 is 2.50 bits per heavy atom. The first kappa shape index (κ1) is 13.7. The highest BCUT2D eigenvalue weighted by Gasteiger charge is 2.30. The number of carbonyl (C=O) groups excluding carboxylic acids is 1. The molecule has 6 heteroatoms. The van der Waals surface area contributed by atoms with Crippen molar-refractivity contribution in [2.75, 3.05) is 10.6 Å². The minimum absolute atomic E-state index is 0.124. The van der Waals surface area contributed by atoms with Crippen LogP contribution in [0.3, 0.4) is 0 Å². The topological polar surface area (TPSA) is 41.1 Å². The van der Waals surface area contributed by atoms with Crippen LogP contribution in [0.25, 0.3) is 0 Å². The van der Waals surface area contributed by atoms with Crippen LogP contribution in [0.5, 0.6) is 0 Å². The summed E-state index contributed by atoms with van der Waals surface area (Å²) in [5.74, 6) is -0.124. The van der Waals surface area contributed by atoms with Crippen molar-refractivity contribution in [2.45, 2.75) is 6.04 Å². The van der Waals surface area contributed by atoms with Crippen LogP contribution in [-0.2, 0) is 4.79 Å². The molecule has 2 N–H and O–H groups in total. The molecule has 1 unspecified atom stereocenters. The number of anilines is 2. The van der Waals surface area contributed by atoms with Crippen molar-refractivity contribution in [1.82, 2.24) is 0 Å². The molecule has 0 spiro atoms. The molecule has 0 aliphatic carbocycles. The fourth-order valence-electron chi connectivity index (χ4n) is 2.18. The second-order valence-electron chi connectivity index (χ2n) is 4.40. The molecule has 1 amide bonds. The summed E-state index contributed by atoms with van der Waals surface area (Å²) in [5, 5.41) is 6.85. The largest absolute Gasteiger partial charge is 0.368 e. The molecule has 0 aromatic heterocycles. The van der Waals surface area contributed by atoms with Gasteiger partial charge in [0.05, 0.1) is 15.7 Å². The van der Waals surface area contributed by atoms with Gasteiger partial charge in [0.1, 0.15) is 6.04 Å². The fraction of sp³-hybridized carbons (Fsp3) is 0.0714. The summed E-state index contributed by atoms with van der Waals surface area (Å²) < 4.78 is 0.786. The summed E-state index contributed by atoms with van der Waals surface area (Å²) in [6.45, 7) is 0. The molecule has 0 radical (unpaired) electrons. The van der Waals surface area contributed by atoms with Gasteiger partial charge in [-0.05, 0) is 18.2 Å². The van der Waals surface area contributed by atoms with Gasteiger partial charge in [0.2, 0.25) is 0 Å². The summed E-state index contributed by atoms with van der Waals surface area (Å²) in [4.78, 5) is 12.1. The van der Waals surface area contributed by atoms with Crippen molar-refractivity contribution >= 4 is 56.4 Å². The predicted molar refractivity (Wildman–Crippen MR) is 85.6 cm³/mol. The van der Waals surface area contributed by atoms with Crippen LogP contribution in [0.1, 0.15) is 11.6 Å². The van der Waals surface area contributed by atoms with Gasteiger partial charge in [-0.3, -0.25) is 4.79 Å². The van der Waals surface area contributed by atoms with E-state index in [1.54, 1.807) is 12.1 Å². The van der Waals surface area contributed by atoms with Crippen molar-refractivity contribution in [3.63, 3.8) is 0 Å². The molecule has 1 aliphatic rings. The first-order valence-corrected chi connectivity index (χ1v) is 7.42. The van der Waals surface area contributed by atoms with E-state index in [1.165, 1.54) is 0 Å². The van der Waals surface area contributed by atoms with Crippen LogP contribution in [0.4, 0.5) is 11.4 Å². The molecule has 2 aromatic rings. The monoisotopic (exact) mass is 370 g/mol. The number of benzene rings is 2. The predicted octanol–water partition coefficient (Wildman–Crippen LogP) is 4.86. The lowest BCUT2D eigenvalue weighted by atomic mass is 10.1. The summed E-state index contributed by atoms with van der Waals surface area (Å²) in [5.41, 5.74) is 2.24. The number of carbonyl (C=O) groups is 1. The SMILES string of the molecule is O=C1Nc2ccccc2C1Nc1c(Cl)cc(Br)cc1Cl. The van der Waals surface area contributed by atoms with Gasteiger partial charge < -0.3 is 10.6 Å². The number of hydrogen-bond donors (Lipinski definition) is 2. The molecular formula is C14H9BrCl2N2O. The third-order valence-electron chi connectivity index (χ3n) is 3.09. The average molecular weight is 372 g/mol. The highest BCUT2D eigenvalue weighted by molar-refractivity contribution is 9.10. The number of halogens is 3. The normalized spacial score (nSPS) is 16.8. The van der Waals surface area contributed by atoms with Crippen LogP contribution in [0.2, 0.25) is 10.0 Å². The van der Waals surface area contributed by atoms with Crippen molar-refractivity contribution in [3.05, 3.63) is 56.5 Å². The Morgan fingerprint density at radius 1 is 1.15 bits per heavy atom. The van der Waals surface area contributed by atoms with Crippen molar-refractivity contribution in [1.29, 1.82) is 0 Å². The molecule has 0 saturated heterocycles. The van der Waals surface area contributed by atoms with E-state index in [2.05, 4.69) is 26.6 Å². The molecule has 0 bridgehead atoms. The van der Waals surface area contributed by atoms with E-state index in [1.807, 2.05) is 24.3 Å². The molecule has 20 heavy (non-hydrogen) atoms. The molecule has 102 valence electrons. The second-order valence-corrected chi connectivity index (χ2v) is 6.13. The number of rotatable bonds is 2. The summed E-state index contributed by atoms with van der Waals surface area (Å²) in [6.07, 6.45) is 0. The van der Waals surface area contributed by atoms with Gasteiger partial charge >= 0.3 is 0 Å². The lowest BCUT2D eigenvalue weighted by molar-refractivity contribution is -0.116. The Labute approximate surface area is 134 Å². The molecule has 3 nitrogen and oxygen atoms in total. The Bertz CT molecular complexity index is 682. The minimum atomic E-state index is -0.498. The van der Waals surface area contributed by atoms with Crippen molar-refractivity contribution in [2.24, 2.45) is 0 Å². The maximum Gasteiger partial charge on any atom is 0.251 e. The van der Waals surface area contributed by atoms with Crippen LogP contribution in [0.15, 0.2) is 40.9 Å². The van der Waals surface area contributed by atoms with Gasteiger partial charge in [0.15, 0.2) is 0 Å². The van der Waals surface area contributed by atoms with Crippen LogP contribution in [-0.4, -0.2) is 5.91 Å². The van der Waals surface area contributed by atoms with Gasteiger partial charge in [0, 0.05) is 15.7 Å². The number of amides is 1. The van der Waals surface area contributed by atoms with E-state index in [4.69, 9.17) is 23.2 Å². The molecule has 1 atom stereocenters. The zero-order valence-electron chi connectivity index (χ0n) is 10.1. The van der Waals surface area contributed by atoms with Crippen LogP contribution >= 0.6 is 39.1 Å². The van der Waals surface area contributed by atoms with E-state index in [-0.39, 0.29) is 5.91 Å². The summed E-state index contributed by atoms with van der Waals surface area (Å²) in [6, 6.07) is 10.5. The minimum Gasteiger partial charge on any atom is -0.368 e. The smallest absolute Gasteiger partial charge is 0.251 e. The Kier molecular flexibility index (Phi) is 3.63. The zero-order valence-corrected chi connectivity index (χ0v) is 13.2. The van der Waals surface area contributed by atoms with Crippen molar-refractivity contribution in [3.8, 4) is 0 Å². The lowest BCUT2D eigenvalue weighted by Gasteiger charge is -2.16. The van der Waals surface area contributed by atoms with Gasteiger partial charge in [-0.1, -0.05) is 57.3 Å².